The Kier molecular flexibility index (Phi) is 9.74. The van der Waals surface area contributed by atoms with Gasteiger partial charge < -0.3 is 18.9 Å². The molecule has 1 aliphatic heterocycles. The topological polar surface area (TPSA) is 36.9 Å². The van der Waals surface area contributed by atoms with Crippen LogP contribution < -0.4 is 4.74 Å². The molecule has 1 aliphatic rings. The van der Waals surface area contributed by atoms with Crippen molar-refractivity contribution in [3.8, 4) is 5.75 Å². The van der Waals surface area contributed by atoms with Crippen molar-refractivity contribution in [2.24, 2.45) is 5.92 Å². The molecule has 0 spiro atoms. The minimum atomic E-state index is -5.22. The number of rotatable bonds is 11. The molecule has 0 unspecified atom stereocenters. The fraction of sp³-hybridized carbons (Fsp3) is 0.448. The number of halogens is 6. The molecule has 10 heteroatoms. The second kappa shape index (κ2) is 13.0. The zero-order valence-electron chi connectivity index (χ0n) is 21.5. The molecule has 1 fully saturated rings. The molecule has 0 N–H and O–H groups in total. The van der Waals surface area contributed by atoms with Gasteiger partial charge in [0, 0.05) is 31.4 Å². The van der Waals surface area contributed by atoms with E-state index in [4.69, 9.17) is 14.2 Å². The summed E-state index contributed by atoms with van der Waals surface area (Å²) >= 11 is 0. The molecule has 4 rings (SSSR count). The number of benzene rings is 3. The monoisotopic (exact) mass is 556 g/mol. The van der Waals surface area contributed by atoms with E-state index in [0.717, 1.165) is 37.1 Å². The summed E-state index contributed by atoms with van der Waals surface area (Å²) in [5.41, 5.74) is 1.43. The highest BCUT2D eigenvalue weighted by Crippen LogP contribution is 2.30. The highest BCUT2D eigenvalue weighted by atomic mass is 19.4. The van der Waals surface area contributed by atoms with Gasteiger partial charge in [0.05, 0.1) is 13.2 Å². The highest BCUT2D eigenvalue weighted by Gasteiger charge is 2.34. The van der Waals surface area contributed by atoms with Gasteiger partial charge in [0.1, 0.15) is 5.82 Å². The van der Waals surface area contributed by atoms with Crippen molar-refractivity contribution < 1.29 is 45.3 Å². The number of alkyl halides is 3. The van der Waals surface area contributed by atoms with Gasteiger partial charge in [-0.2, -0.15) is 0 Å². The molecule has 0 saturated carbocycles. The first kappa shape index (κ1) is 29.2. The number of hydrogen-bond donors (Lipinski definition) is 0. The third-order valence-corrected chi connectivity index (χ3v) is 6.72. The fourth-order valence-electron chi connectivity index (χ4n) is 4.70. The van der Waals surface area contributed by atoms with E-state index in [1.165, 1.54) is 0 Å². The Bertz CT molecular complexity index is 1230. The van der Waals surface area contributed by atoms with E-state index in [1.54, 1.807) is 25.3 Å². The van der Waals surface area contributed by atoms with Gasteiger partial charge in [-0.25, -0.2) is 13.2 Å². The van der Waals surface area contributed by atoms with Crippen LogP contribution in [0.15, 0.2) is 42.5 Å². The van der Waals surface area contributed by atoms with Gasteiger partial charge in [-0.05, 0) is 66.3 Å². The maximum Gasteiger partial charge on any atom is 0.573 e. The second-order valence-corrected chi connectivity index (χ2v) is 9.67. The number of hydrogen-bond acceptors (Lipinski definition) is 4. The first-order valence-electron chi connectivity index (χ1n) is 12.8. The molecule has 0 radical (unpaired) electrons. The molecule has 0 amide bonds. The molecule has 1 heterocycles. The standard InChI is InChI=1S/C29H30F6O4/c1-36-12-2-3-20-16-37-26(38-17-20)11-6-18-5-10-23-22(13-18)9-8-21(27(23)32)7-4-19-14-24(30)28(25(31)15-19)39-29(33,34)35/h5,8-10,13-15,20,26H,2-4,6-7,11-12,16-17H2,1H3. The van der Waals surface area contributed by atoms with E-state index < -0.39 is 29.6 Å². The quantitative estimate of drug-likeness (QED) is 0.184. The smallest absolute Gasteiger partial charge is 0.399 e. The van der Waals surface area contributed by atoms with Gasteiger partial charge in [-0.1, -0.05) is 30.3 Å². The summed E-state index contributed by atoms with van der Waals surface area (Å²) in [6.07, 6.45) is -2.03. The minimum absolute atomic E-state index is 0.0231. The summed E-state index contributed by atoms with van der Waals surface area (Å²) < 4.78 is 100. The Hall–Kier alpha value is -2.82. The molecular formula is C29H30F6O4. The van der Waals surface area contributed by atoms with Crippen LogP contribution in [0.3, 0.4) is 0 Å². The lowest BCUT2D eigenvalue weighted by Gasteiger charge is -2.29. The van der Waals surface area contributed by atoms with Gasteiger partial charge in [-0.15, -0.1) is 13.2 Å². The van der Waals surface area contributed by atoms with Crippen molar-refractivity contribution in [3.05, 3.63) is 76.6 Å². The van der Waals surface area contributed by atoms with Crippen LogP contribution in [0, 0.1) is 23.4 Å². The predicted octanol–water partition coefficient (Wildman–Crippen LogP) is 7.29. The Labute approximate surface area is 222 Å². The fourth-order valence-corrected chi connectivity index (χ4v) is 4.70. The van der Waals surface area contributed by atoms with Crippen molar-refractivity contribution in [2.75, 3.05) is 26.9 Å². The van der Waals surface area contributed by atoms with E-state index in [-0.39, 0.29) is 24.7 Å². The van der Waals surface area contributed by atoms with Crippen molar-refractivity contribution >= 4 is 10.8 Å². The normalized spacial score (nSPS) is 18.0. The first-order chi connectivity index (χ1) is 18.6. The van der Waals surface area contributed by atoms with Crippen LogP contribution in [0.1, 0.15) is 36.0 Å². The Morgan fingerprint density at radius 3 is 2.23 bits per heavy atom. The summed E-state index contributed by atoms with van der Waals surface area (Å²) in [6, 6.07) is 10.3. The van der Waals surface area contributed by atoms with Gasteiger partial charge in [0.15, 0.2) is 17.9 Å². The molecule has 39 heavy (non-hydrogen) atoms. The maximum absolute atomic E-state index is 15.2. The number of aryl methyl sites for hydroxylation is 3. The largest absolute Gasteiger partial charge is 0.573 e. The summed E-state index contributed by atoms with van der Waals surface area (Å²) in [5.74, 6) is -4.53. The Morgan fingerprint density at radius 2 is 1.56 bits per heavy atom. The molecule has 1 saturated heterocycles. The van der Waals surface area contributed by atoms with E-state index in [9.17, 15) is 22.0 Å². The number of fused-ring (bicyclic) bond motifs is 1. The van der Waals surface area contributed by atoms with Crippen molar-refractivity contribution in [3.63, 3.8) is 0 Å². The van der Waals surface area contributed by atoms with Crippen LogP contribution in [0.5, 0.6) is 5.75 Å². The average Bonchev–Trinajstić information content (AvgIpc) is 2.89. The molecule has 0 aliphatic carbocycles. The number of methoxy groups -OCH3 is 1. The Morgan fingerprint density at radius 1 is 0.846 bits per heavy atom. The molecule has 212 valence electrons. The SMILES string of the molecule is COCCCC1COC(CCc2ccc3c(F)c(CCc4cc(F)c(OC(F)(F)F)c(F)c4)ccc3c2)OC1. The molecule has 0 bridgehead atoms. The first-order valence-corrected chi connectivity index (χ1v) is 12.8. The predicted molar refractivity (Wildman–Crippen MR) is 133 cm³/mol. The second-order valence-electron chi connectivity index (χ2n) is 9.67. The van der Waals surface area contributed by atoms with Gasteiger partial charge in [0.2, 0.25) is 5.75 Å². The average molecular weight is 557 g/mol. The molecule has 3 aromatic carbocycles. The minimum Gasteiger partial charge on any atom is -0.399 e. The summed E-state index contributed by atoms with van der Waals surface area (Å²) in [6.45, 7) is 2.04. The third-order valence-electron chi connectivity index (χ3n) is 6.72. The molecule has 4 nitrogen and oxygen atoms in total. The van der Waals surface area contributed by atoms with E-state index in [0.29, 0.717) is 48.3 Å². The van der Waals surface area contributed by atoms with Crippen LogP contribution in [0.25, 0.3) is 10.8 Å². The van der Waals surface area contributed by atoms with Gasteiger partial charge in [0.25, 0.3) is 0 Å². The van der Waals surface area contributed by atoms with Gasteiger partial charge in [-0.3, -0.25) is 0 Å². The molecule has 0 aromatic heterocycles. The van der Waals surface area contributed by atoms with Crippen molar-refractivity contribution in [1.29, 1.82) is 0 Å². The van der Waals surface area contributed by atoms with E-state index in [1.807, 2.05) is 12.1 Å². The lowest BCUT2D eigenvalue weighted by Crippen LogP contribution is -2.32. The summed E-state index contributed by atoms with van der Waals surface area (Å²) in [7, 11) is 1.68. The Balaban J connectivity index is 1.33. The van der Waals surface area contributed by atoms with Crippen molar-refractivity contribution in [1.82, 2.24) is 0 Å². The lowest BCUT2D eigenvalue weighted by molar-refractivity contribution is -0.276. The maximum atomic E-state index is 15.2. The van der Waals surface area contributed by atoms with Crippen LogP contribution in [-0.2, 0) is 33.5 Å². The third kappa shape index (κ3) is 8.09. The van der Waals surface area contributed by atoms with E-state index in [2.05, 4.69) is 4.74 Å². The van der Waals surface area contributed by atoms with Crippen LogP contribution in [0.2, 0.25) is 0 Å². The summed E-state index contributed by atoms with van der Waals surface area (Å²) in [5, 5.41) is 1.12. The van der Waals surface area contributed by atoms with E-state index >= 15 is 4.39 Å². The molecular weight excluding hydrogens is 526 g/mol. The zero-order chi connectivity index (χ0) is 28.0. The molecule has 0 atom stereocenters. The lowest BCUT2D eigenvalue weighted by atomic mass is 9.98. The van der Waals surface area contributed by atoms with Crippen LogP contribution in [-0.4, -0.2) is 39.6 Å². The zero-order valence-corrected chi connectivity index (χ0v) is 21.5. The van der Waals surface area contributed by atoms with Gasteiger partial charge >= 0.3 is 6.36 Å². The highest BCUT2D eigenvalue weighted by molar-refractivity contribution is 5.84. The molecule has 3 aromatic rings. The summed E-state index contributed by atoms with van der Waals surface area (Å²) in [4.78, 5) is 0. The van der Waals surface area contributed by atoms with Crippen LogP contribution in [0.4, 0.5) is 26.3 Å². The van der Waals surface area contributed by atoms with Crippen LogP contribution >= 0.6 is 0 Å². The van der Waals surface area contributed by atoms with Crippen molar-refractivity contribution in [2.45, 2.75) is 51.2 Å². The number of ether oxygens (including phenoxy) is 4.